The van der Waals surface area contributed by atoms with Crippen LogP contribution in [0.1, 0.15) is 41.7 Å². The largest absolute Gasteiger partial charge is 0.481 e. The van der Waals surface area contributed by atoms with Crippen molar-refractivity contribution < 1.29 is 33.4 Å². The van der Waals surface area contributed by atoms with E-state index < -0.39 is 35.9 Å². The van der Waals surface area contributed by atoms with Crippen molar-refractivity contribution in [3.8, 4) is 0 Å². The van der Waals surface area contributed by atoms with Crippen LogP contribution < -0.4 is 11.1 Å². The first kappa shape index (κ1) is 26.3. The number of fused-ring (bicyclic) bond motifs is 2. The van der Waals surface area contributed by atoms with Gasteiger partial charge in [0.2, 0.25) is 5.91 Å². The Labute approximate surface area is 217 Å². The standard InChI is InChI=1S/C28H27N3O7/c29-25(32)15-19(14-18-16-37-24-10-4-2-7-20(18)24)38-28(36)23(9-5-11-26(33)34)31-27(35)22-13-12-17-6-1-3-8-21(17)30-22/h1-4,6-8,10,12-13,16,19,23H,5,9,11,14-15H2,(H2,29,32)(H,31,35)(H,33,34)/t19-,23-/m0/s1. The van der Waals surface area contributed by atoms with Gasteiger partial charge in [-0.2, -0.15) is 0 Å². The second-order valence-electron chi connectivity index (χ2n) is 8.89. The van der Waals surface area contributed by atoms with Gasteiger partial charge in [-0.3, -0.25) is 14.4 Å². The lowest BCUT2D eigenvalue weighted by atomic mass is 10.0. The summed E-state index contributed by atoms with van der Waals surface area (Å²) in [5.41, 5.74) is 7.49. The second-order valence-corrected chi connectivity index (χ2v) is 8.89. The maximum Gasteiger partial charge on any atom is 0.328 e. The zero-order chi connectivity index (χ0) is 27.1. The Balaban J connectivity index is 1.51. The zero-order valence-electron chi connectivity index (χ0n) is 20.5. The van der Waals surface area contributed by atoms with Crippen LogP contribution in [-0.2, 0) is 25.5 Å². The number of nitrogens with zero attached hydrogens (tertiary/aromatic N) is 1. The van der Waals surface area contributed by atoms with Crippen LogP contribution in [0.5, 0.6) is 0 Å². The highest BCUT2D eigenvalue weighted by atomic mass is 16.5. The average molecular weight is 518 g/mol. The number of aromatic nitrogens is 1. The molecule has 0 saturated carbocycles. The van der Waals surface area contributed by atoms with Crippen LogP contribution in [0.3, 0.4) is 0 Å². The van der Waals surface area contributed by atoms with Gasteiger partial charge in [-0.15, -0.1) is 0 Å². The molecule has 0 fully saturated rings. The predicted molar refractivity (Wildman–Crippen MR) is 138 cm³/mol. The highest BCUT2D eigenvalue weighted by molar-refractivity contribution is 5.97. The van der Waals surface area contributed by atoms with Crippen molar-refractivity contribution >= 4 is 45.6 Å². The van der Waals surface area contributed by atoms with Gasteiger partial charge in [0.25, 0.3) is 5.91 Å². The molecular formula is C28H27N3O7. The number of carbonyl (C=O) groups excluding carboxylic acids is 3. The molecule has 10 heteroatoms. The lowest BCUT2D eigenvalue weighted by Crippen LogP contribution is -2.44. The minimum Gasteiger partial charge on any atom is -0.481 e. The molecule has 10 nitrogen and oxygen atoms in total. The average Bonchev–Trinajstić information content (AvgIpc) is 3.29. The number of benzene rings is 2. The highest BCUT2D eigenvalue weighted by Gasteiger charge is 2.28. The van der Waals surface area contributed by atoms with Crippen molar-refractivity contribution in [2.45, 2.75) is 44.2 Å². The number of aliphatic carboxylic acids is 1. The van der Waals surface area contributed by atoms with Gasteiger partial charge < -0.3 is 25.3 Å². The van der Waals surface area contributed by atoms with Crippen molar-refractivity contribution in [2.24, 2.45) is 5.73 Å². The number of furan rings is 1. The smallest absolute Gasteiger partial charge is 0.328 e. The minimum absolute atomic E-state index is 0.0163. The number of esters is 1. The topological polar surface area (TPSA) is 162 Å². The number of pyridine rings is 1. The third-order valence-corrected chi connectivity index (χ3v) is 6.02. The molecular weight excluding hydrogens is 490 g/mol. The van der Waals surface area contributed by atoms with E-state index in [1.807, 2.05) is 30.3 Å². The number of carboxylic acid groups (broad SMARTS) is 1. The maximum atomic E-state index is 13.2. The number of nitrogens with two attached hydrogens (primary N) is 1. The summed E-state index contributed by atoms with van der Waals surface area (Å²) in [5, 5.41) is 13.3. The Morgan fingerprint density at radius 3 is 2.58 bits per heavy atom. The molecule has 0 bridgehead atoms. The number of para-hydroxylation sites is 2. The third-order valence-electron chi connectivity index (χ3n) is 6.02. The normalized spacial score (nSPS) is 12.6. The summed E-state index contributed by atoms with van der Waals surface area (Å²) in [6, 6.07) is 16.7. The molecule has 4 rings (SSSR count). The monoisotopic (exact) mass is 517 g/mol. The maximum absolute atomic E-state index is 13.2. The molecule has 0 aliphatic carbocycles. The molecule has 196 valence electrons. The third kappa shape index (κ3) is 6.73. The van der Waals surface area contributed by atoms with Gasteiger partial charge in [0.15, 0.2) is 0 Å². The number of amides is 2. The second kappa shape index (κ2) is 12.0. The fourth-order valence-electron chi connectivity index (χ4n) is 4.19. The Bertz CT molecular complexity index is 1480. The van der Waals surface area contributed by atoms with Gasteiger partial charge in [-0.25, -0.2) is 9.78 Å². The quantitative estimate of drug-likeness (QED) is 0.241. The Morgan fingerprint density at radius 2 is 1.79 bits per heavy atom. The molecule has 4 N–H and O–H groups in total. The Morgan fingerprint density at radius 1 is 1.03 bits per heavy atom. The van der Waals surface area contributed by atoms with Crippen LogP contribution in [0.15, 0.2) is 71.3 Å². The minimum atomic E-state index is -1.16. The molecule has 4 aromatic rings. The molecule has 0 spiro atoms. The van der Waals surface area contributed by atoms with Gasteiger partial charge in [0.05, 0.1) is 18.2 Å². The van der Waals surface area contributed by atoms with Gasteiger partial charge in [-0.05, 0) is 31.0 Å². The van der Waals surface area contributed by atoms with Crippen LogP contribution in [0, 0.1) is 0 Å². The van der Waals surface area contributed by atoms with E-state index in [9.17, 15) is 19.2 Å². The van der Waals surface area contributed by atoms with Crippen molar-refractivity contribution in [3.63, 3.8) is 0 Å². The molecule has 0 unspecified atom stereocenters. The van der Waals surface area contributed by atoms with E-state index in [1.165, 1.54) is 12.3 Å². The number of ether oxygens (including phenoxy) is 1. The number of rotatable bonds is 12. The van der Waals surface area contributed by atoms with Crippen LogP contribution >= 0.6 is 0 Å². The van der Waals surface area contributed by atoms with Gasteiger partial charge in [-0.1, -0.05) is 42.5 Å². The lowest BCUT2D eigenvalue weighted by molar-refractivity contribution is -0.153. The molecule has 2 heterocycles. The highest BCUT2D eigenvalue weighted by Crippen LogP contribution is 2.23. The first-order chi connectivity index (χ1) is 18.3. The molecule has 2 atom stereocenters. The summed E-state index contributed by atoms with van der Waals surface area (Å²) in [6.07, 6.45) is 0.471. The molecule has 0 aliphatic heterocycles. The van der Waals surface area contributed by atoms with E-state index in [2.05, 4.69) is 10.3 Å². The molecule has 38 heavy (non-hydrogen) atoms. The van der Waals surface area contributed by atoms with Crippen LogP contribution in [0.2, 0.25) is 0 Å². The summed E-state index contributed by atoms with van der Waals surface area (Å²) >= 11 is 0. The summed E-state index contributed by atoms with van der Waals surface area (Å²) < 4.78 is 11.2. The van der Waals surface area contributed by atoms with E-state index in [-0.39, 0.29) is 37.8 Å². The van der Waals surface area contributed by atoms with E-state index in [0.717, 1.165) is 16.3 Å². The fourth-order valence-corrected chi connectivity index (χ4v) is 4.19. The summed E-state index contributed by atoms with van der Waals surface area (Å²) in [5.74, 6) is -3.11. The molecule has 0 saturated heterocycles. The number of hydrogen-bond donors (Lipinski definition) is 3. The fraction of sp³-hybridized carbons (Fsp3) is 0.250. The van der Waals surface area contributed by atoms with E-state index >= 15 is 0 Å². The van der Waals surface area contributed by atoms with E-state index in [1.54, 1.807) is 24.3 Å². The molecule has 2 amide bonds. The Kier molecular flexibility index (Phi) is 8.32. The van der Waals surface area contributed by atoms with Crippen molar-refractivity contribution in [2.75, 3.05) is 0 Å². The van der Waals surface area contributed by atoms with E-state index in [4.69, 9.17) is 20.0 Å². The van der Waals surface area contributed by atoms with Crippen LogP contribution in [0.4, 0.5) is 0 Å². The summed E-state index contributed by atoms with van der Waals surface area (Å²) in [6.45, 7) is 0. The van der Waals surface area contributed by atoms with Gasteiger partial charge in [0.1, 0.15) is 23.4 Å². The van der Waals surface area contributed by atoms with E-state index in [0.29, 0.717) is 11.1 Å². The van der Waals surface area contributed by atoms with Crippen molar-refractivity contribution in [3.05, 3.63) is 78.2 Å². The first-order valence-corrected chi connectivity index (χ1v) is 12.1. The Hall–Kier alpha value is -4.73. The van der Waals surface area contributed by atoms with Crippen molar-refractivity contribution in [1.82, 2.24) is 10.3 Å². The van der Waals surface area contributed by atoms with Crippen molar-refractivity contribution in [1.29, 1.82) is 0 Å². The first-order valence-electron chi connectivity index (χ1n) is 12.1. The number of carboxylic acids is 1. The summed E-state index contributed by atoms with van der Waals surface area (Å²) in [4.78, 5) is 53.3. The van der Waals surface area contributed by atoms with Crippen LogP contribution in [-0.4, -0.2) is 46.0 Å². The van der Waals surface area contributed by atoms with Crippen LogP contribution in [0.25, 0.3) is 21.9 Å². The number of nitrogens with one attached hydrogen (secondary N) is 1. The van der Waals surface area contributed by atoms with Gasteiger partial charge >= 0.3 is 11.9 Å². The predicted octanol–water partition coefficient (Wildman–Crippen LogP) is 3.36. The number of primary amides is 1. The molecule has 2 aromatic heterocycles. The zero-order valence-corrected chi connectivity index (χ0v) is 20.5. The lowest BCUT2D eigenvalue weighted by Gasteiger charge is -2.22. The number of hydrogen-bond acceptors (Lipinski definition) is 7. The SMILES string of the molecule is NC(=O)C[C@H](Cc1coc2ccccc12)OC(=O)[C@H](CCCC(=O)O)NC(=O)c1ccc2ccccc2n1. The molecule has 2 aromatic carbocycles. The molecule has 0 radical (unpaired) electrons. The summed E-state index contributed by atoms with van der Waals surface area (Å²) in [7, 11) is 0. The van der Waals surface area contributed by atoms with Gasteiger partial charge in [0, 0.05) is 29.2 Å². The molecule has 0 aliphatic rings. The number of carbonyl (C=O) groups is 4.